The zero-order valence-electron chi connectivity index (χ0n) is 17.8. The molecule has 0 bridgehead atoms. The van der Waals surface area contributed by atoms with Gasteiger partial charge in [-0.25, -0.2) is 14.0 Å². The molecule has 0 amide bonds. The van der Waals surface area contributed by atoms with Crippen LogP contribution in [0.5, 0.6) is 5.75 Å². The minimum atomic E-state index is -1.31. The number of hydrogen-bond acceptors (Lipinski definition) is 7. The van der Waals surface area contributed by atoms with Crippen LogP contribution >= 0.6 is 0 Å². The van der Waals surface area contributed by atoms with Crippen molar-refractivity contribution in [3.63, 3.8) is 0 Å². The molecule has 1 aliphatic carbocycles. The summed E-state index contributed by atoms with van der Waals surface area (Å²) in [5.74, 6) is -2.77. The van der Waals surface area contributed by atoms with Crippen LogP contribution in [0.4, 0.5) is 10.1 Å². The van der Waals surface area contributed by atoms with Gasteiger partial charge in [-0.05, 0) is 25.8 Å². The summed E-state index contributed by atoms with van der Waals surface area (Å²) in [6.07, 6.45) is 1.92. The number of aliphatic hydroxyl groups is 1. The Balaban J connectivity index is 0.000000427. The SMILES string of the molecule is CC(O)C(=O)O.COc1c(N2CCNCC2)c(F)cc2c(=O)c(C(=O)O)cn(C3CC3)c12. The fraction of sp³-hybridized carbons (Fsp3) is 0.476. The number of carboxylic acid groups (broad SMARTS) is 2. The second-order valence-corrected chi connectivity index (χ2v) is 7.70. The number of carbonyl (C=O) groups is 2. The van der Waals surface area contributed by atoms with Gasteiger partial charge in [0, 0.05) is 38.4 Å². The largest absolute Gasteiger partial charge is 0.492 e. The number of benzene rings is 1. The average molecular weight is 451 g/mol. The normalized spacial score (nSPS) is 16.8. The monoisotopic (exact) mass is 451 g/mol. The van der Waals surface area contributed by atoms with Gasteiger partial charge in [0.2, 0.25) is 5.43 Å². The summed E-state index contributed by atoms with van der Waals surface area (Å²) < 4.78 is 22.3. The summed E-state index contributed by atoms with van der Waals surface area (Å²) in [7, 11) is 1.45. The van der Waals surface area contributed by atoms with Gasteiger partial charge in [0.1, 0.15) is 17.4 Å². The van der Waals surface area contributed by atoms with Gasteiger partial charge in [-0.15, -0.1) is 0 Å². The topological polar surface area (TPSA) is 141 Å². The van der Waals surface area contributed by atoms with E-state index in [2.05, 4.69) is 5.32 Å². The Morgan fingerprint density at radius 3 is 2.31 bits per heavy atom. The summed E-state index contributed by atoms with van der Waals surface area (Å²) in [5.41, 5.74) is -0.229. The number of hydrogen-bond donors (Lipinski definition) is 4. The molecule has 2 aliphatic rings. The van der Waals surface area contributed by atoms with Crippen LogP contribution in [0.3, 0.4) is 0 Å². The maximum atomic E-state index is 15.0. The first kappa shape index (κ1) is 23.5. The van der Waals surface area contributed by atoms with Crippen LogP contribution in [0.2, 0.25) is 0 Å². The molecule has 2 fully saturated rings. The van der Waals surface area contributed by atoms with Crippen molar-refractivity contribution in [3.05, 3.63) is 33.9 Å². The second kappa shape index (κ2) is 9.53. The molecule has 1 saturated heterocycles. The average Bonchev–Trinajstić information content (AvgIpc) is 3.59. The molecule has 0 radical (unpaired) electrons. The van der Waals surface area contributed by atoms with E-state index >= 15 is 0 Å². The summed E-state index contributed by atoms with van der Waals surface area (Å²) in [6, 6.07) is 1.26. The van der Waals surface area contributed by atoms with Gasteiger partial charge in [-0.3, -0.25) is 4.79 Å². The number of ether oxygens (including phenoxy) is 1. The molecule has 2 heterocycles. The van der Waals surface area contributed by atoms with Crippen molar-refractivity contribution in [2.45, 2.75) is 31.9 Å². The molecule has 4 rings (SSSR count). The maximum Gasteiger partial charge on any atom is 0.341 e. The van der Waals surface area contributed by atoms with Gasteiger partial charge in [0.25, 0.3) is 0 Å². The van der Waals surface area contributed by atoms with Crippen molar-refractivity contribution in [3.8, 4) is 5.75 Å². The van der Waals surface area contributed by atoms with E-state index in [-0.39, 0.29) is 17.0 Å². The van der Waals surface area contributed by atoms with Crippen molar-refractivity contribution >= 4 is 28.5 Å². The minimum absolute atomic E-state index is 0.0463. The molecule has 1 atom stereocenters. The number of aliphatic carboxylic acids is 1. The van der Waals surface area contributed by atoms with Crippen LogP contribution in [0, 0.1) is 5.82 Å². The molecule has 2 aromatic rings. The number of rotatable bonds is 5. The minimum Gasteiger partial charge on any atom is -0.492 e. The third-order valence-electron chi connectivity index (χ3n) is 5.36. The lowest BCUT2D eigenvalue weighted by molar-refractivity contribution is -0.145. The lowest BCUT2D eigenvalue weighted by atomic mass is 10.1. The molecule has 174 valence electrons. The van der Waals surface area contributed by atoms with E-state index in [0.29, 0.717) is 30.0 Å². The number of nitrogens with zero attached hydrogens (tertiary/aromatic N) is 2. The quantitative estimate of drug-likeness (QED) is 0.525. The molecule has 10 nitrogen and oxygen atoms in total. The zero-order chi connectivity index (χ0) is 23.6. The van der Waals surface area contributed by atoms with Gasteiger partial charge in [-0.1, -0.05) is 0 Å². The number of aromatic nitrogens is 1. The van der Waals surface area contributed by atoms with Crippen molar-refractivity contribution in [1.82, 2.24) is 9.88 Å². The predicted octanol–water partition coefficient (Wildman–Crippen LogP) is 1.04. The molecule has 1 aliphatic heterocycles. The van der Waals surface area contributed by atoms with E-state index in [0.717, 1.165) is 32.0 Å². The number of piperazine rings is 1. The Morgan fingerprint density at radius 1 is 1.25 bits per heavy atom. The summed E-state index contributed by atoms with van der Waals surface area (Å²) in [6.45, 7) is 3.91. The third kappa shape index (κ3) is 4.68. The number of halogens is 1. The van der Waals surface area contributed by atoms with Gasteiger partial charge in [0.05, 0.1) is 18.0 Å². The highest BCUT2D eigenvalue weighted by Crippen LogP contribution is 2.43. The lowest BCUT2D eigenvalue weighted by Crippen LogP contribution is -2.44. The van der Waals surface area contributed by atoms with Crippen LogP contribution < -0.4 is 20.4 Å². The predicted molar refractivity (Wildman–Crippen MR) is 114 cm³/mol. The Labute approximate surface area is 182 Å². The van der Waals surface area contributed by atoms with Crippen LogP contribution in [0.25, 0.3) is 10.9 Å². The van der Waals surface area contributed by atoms with Crippen LogP contribution in [0.15, 0.2) is 17.1 Å². The highest BCUT2D eigenvalue weighted by molar-refractivity contribution is 5.97. The fourth-order valence-electron chi connectivity index (χ4n) is 3.61. The van der Waals surface area contributed by atoms with Crippen LogP contribution in [-0.4, -0.2) is 71.2 Å². The number of nitrogens with one attached hydrogen (secondary N) is 1. The maximum absolute atomic E-state index is 15.0. The van der Waals surface area contributed by atoms with Gasteiger partial charge >= 0.3 is 11.9 Å². The van der Waals surface area contributed by atoms with Gasteiger partial charge in [0.15, 0.2) is 11.6 Å². The smallest absolute Gasteiger partial charge is 0.341 e. The standard InChI is InChI=1S/C18H20FN3O4.C3H6O3/c1-26-17-14-11(8-13(19)15(17)21-6-4-20-5-7-21)16(23)12(18(24)25)9-22(14)10-2-3-10;1-2(4)3(5)6/h8-10,20H,2-7H2,1H3,(H,24,25);2,4H,1H3,(H,5,6). The first-order valence-corrected chi connectivity index (χ1v) is 10.2. The molecular formula is C21H26FN3O7. The Morgan fingerprint density at radius 2 is 1.84 bits per heavy atom. The summed E-state index contributed by atoms with van der Waals surface area (Å²) in [4.78, 5) is 35.4. The third-order valence-corrected chi connectivity index (χ3v) is 5.36. The molecule has 11 heteroatoms. The van der Waals surface area contributed by atoms with Crippen molar-refractivity contribution in [1.29, 1.82) is 0 Å². The van der Waals surface area contributed by atoms with E-state index in [9.17, 15) is 23.9 Å². The number of anilines is 1. The highest BCUT2D eigenvalue weighted by Gasteiger charge is 2.31. The fourth-order valence-corrected chi connectivity index (χ4v) is 3.61. The van der Waals surface area contributed by atoms with Crippen molar-refractivity contribution < 1.29 is 34.0 Å². The van der Waals surface area contributed by atoms with Crippen molar-refractivity contribution in [2.75, 3.05) is 38.2 Å². The Kier molecular flexibility index (Phi) is 6.99. The molecule has 32 heavy (non-hydrogen) atoms. The molecule has 0 spiro atoms. The van der Waals surface area contributed by atoms with Crippen molar-refractivity contribution in [2.24, 2.45) is 0 Å². The number of methoxy groups -OCH3 is 1. The number of pyridine rings is 1. The lowest BCUT2D eigenvalue weighted by Gasteiger charge is -2.31. The molecule has 1 aromatic heterocycles. The van der Waals surface area contributed by atoms with E-state index in [1.54, 1.807) is 4.57 Å². The van der Waals surface area contributed by atoms with Crippen LogP contribution in [0.1, 0.15) is 36.2 Å². The number of carboxylic acids is 2. The van der Waals surface area contributed by atoms with Gasteiger partial charge in [-0.2, -0.15) is 0 Å². The van der Waals surface area contributed by atoms with E-state index in [4.69, 9.17) is 14.9 Å². The van der Waals surface area contributed by atoms with Crippen LogP contribution in [-0.2, 0) is 4.79 Å². The summed E-state index contributed by atoms with van der Waals surface area (Å²) >= 11 is 0. The first-order valence-electron chi connectivity index (χ1n) is 10.2. The molecule has 4 N–H and O–H groups in total. The zero-order valence-corrected chi connectivity index (χ0v) is 17.8. The number of aliphatic hydroxyl groups excluding tert-OH is 1. The Hall–Kier alpha value is -3.18. The number of aromatic carboxylic acids is 1. The first-order chi connectivity index (χ1) is 15.2. The summed E-state index contributed by atoms with van der Waals surface area (Å²) in [5, 5.41) is 28.4. The molecule has 1 aromatic carbocycles. The Bertz CT molecular complexity index is 1090. The van der Waals surface area contributed by atoms with E-state index in [1.807, 2.05) is 4.90 Å². The molecular weight excluding hydrogens is 425 g/mol. The molecule has 1 unspecified atom stereocenters. The van der Waals surface area contributed by atoms with Gasteiger partial charge < -0.3 is 34.8 Å². The second-order valence-electron chi connectivity index (χ2n) is 7.70. The molecule has 1 saturated carbocycles. The number of fused-ring (bicyclic) bond motifs is 1. The van der Waals surface area contributed by atoms with E-state index < -0.39 is 29.3 Å². The van der Waals surface area contributed by atoms with E-state index in [1.165, 1.54) is 20.2 Å². The highest BCUT2D eigenvalue weighted by atomic mass is 19.1.